The fourth-order valence-electron chi connectivity index (χ4n) is 2.35. The van der Waals surface area contributed by atoms with Gasteiger partial charge < -0.3 is 10.4 Å². The fraction of sp³-hybridized carbons (Fsp3) is 0.0588. The Bertz CT molecular complexity index is 1020. The van der Waals surface area contributed by atoms with Gasteiger partial charge in [0.15, 0.2) is 0 Å². The van der Waals surface area contributed by atoms with Gasteiger partial charge >= 0.3 is 0 Å². The summed E-state index contributed by atoms with van der Waals surface area (Å²) in [5.74, 6) is -0.366. The molecule has 0 atom stereocenters. The van der Waals surface area contributed by atoms with Gasteiger partial charge in [0.05, 0.1) is 16.3 Å². The Morgan fingerprint density at radius 3 is 2.77 bits per heavy atom. The maximum Gasteiger partial charge on any atom is 0.273 e. The molecule has 0 saturated carbocycles. The van der Waals surface area contributed by atoms with Gasteiger partial charge in [-0.15, -0.1) is 0 Å². The number of carbonyl (C=O) groups excluding carboxylic acids is 1. The minimum absolute atomic E-state index is 0.0892. The van der Waals surface area contributed by atoms with E-state index in [-0.39, 0.29) is 17.1 Å². The SMILES string of the molecule is Cc1cccc(-c2cc(C(=O)Nc3ccc([N+](=O)[O-])cc3Br)[nH]n2)c1O. The zero-order valence-corrected chi connectivity index (χ0v) is 15.1. The second-order valence-corrected chi connectivity index (χ2v) is 6.37. The average Bonchev–Trinajstić information content (AvgIpc) is 3.09. The number of benzene rings is 2. The summed E-state index contributed by atoms with van der Waals surface area (Å²) in [4.78, 5) is 22.6. The number of carbonyl (C=O) groups is 1. The number of non-ortho nitro benzene ring substituents is 1. The summed E-state index contributed by atoms with van der Waals surface area (Å²) in [6.07, 6.45) is 0. The Balaban J connectivity index is 1.83. The van der Waals surface area contributed by atoms with Gasteiger partial charge in [0, 0.05) is 22.2 Å². The Morgan fingerprint density at radius 2 is 2.08 bits per heavy atom. The van der Waals surface area contributed by atoms with Gasteiger partial charge in [0.2, 0.25) is 0 Å². The molecule has 0 aliphatic heterocycles. The van der Waals surface area contributed by atoms with Crippen LogP contribution < -0.4 is 5.32 Å². The third kappa shape index (κ3) is 3.42. The molecule has 26 heavy (non-hydrogen) atoms. The zero-order valence-electron chi connectivity index (χ0n) is 13.5. The van der Waals surface area contributed by atoms with Crippen molar-refractivity contribution < 1.29 is 14.8 Å². The van der Waals surface area contributed by atoms with Crippen LogP contribution in [-0.4, -0.2) is 26.1 Å². The molecule has 2 aromatic carbocycles. The molecule has 0 spiro atoms. The molecule has 0 aliphatic carbocycles. The normalized spacial score (nSPS) is 10.5. The van der Waals surface area contributed by atoms with Gasteiger partial charge in [-0.3, -0.25) is 20.0 Å². The number of nitro groups is 1. The standard InChI is InChI=1S/C17H13BrN4O4/c1-9-3-2-4-11(16(9)23)14-8-15(21-20-14)17(24)19-13-6-5-10(22(25)26)7-12(13)18/h2-8,23H,1H3,(H,19,24)(H,20,21). The molecule has 0 fully saturated rings. The van der Waals surface area contributed by atoms with Crippen molar-refractivity contribution in [2.75, 3.05) is 5.32 Å². The number of H-pyrrole nitrogens is 1. The second kappa shape index (κ2) is 6.96. The van der Waals surface area contributed by atoms with Crippen molar-refractivity contribution in [1.29, 1.82) is 0 Å². The van der Waals surface area contributed by atoms with E-state index in [4.69, 9.17) is 0 Å². The number of halogens is 1. The molecule has 8 nitrogen and oxygen atoms in total. The predicted molar refractivity (Wildman–Crippen MR) is 99.2 cm³/mol. The minimum atomic E-state index is -0.522. The molecule has 3 rings (SSSR count). The third-order valence-electron chi connectivity index (χ3n) is 3.75. The summed E-state index contributed by atoms with van der Waals surface area (Å²) in [5, 5.41) is 30.2. The number of aryl methyl sites for hydroxylation is 1. The van der Waals surface area contributed by atoms with Crippen molar-refractivity contribution in [3.8, 4) is 17.0 Å². The number of phenols is 1. The van der Waals surface area contributed by atoms with E-state index in [2.05, 4.69) is 31.4 Å². The highest BCUT2D eigenvalue weighted by molar-refractivity contribution is 9.10. The van der Waals surface area contributed by atoms with Crippen LogP contribution in [0.15, 0.2) is 46.9 Å². The number of anilines is 1. The number of rotatable bonds is 4. The number of hydrogen-bond donors (Lipinski definition) is 3. The number of aromatic hydroxyl groups is 1. The van der Waals surface area contributed by atoms with E-state index in [9.17, 15) is 20.0 Å². The number of nitro benzene ring substituents is 1. The predicted octanol–water partition coefficient (Wildman–Crippen LogP) is 4.01. The van der Waals surface area contributed by atoms with E-state index < -0.39 is 10.8 Å². The van der Waals surface area contributed by atoms with Gasteiger partial charge in [0.25, 0.3) is 11.6 Å². The van der Waals surface area contributed by atoms with E-state index >= 15 is 0 Å². The van der Waals surface area contributed by atoms with Gasteiger partial charge in [-0.1, -0.05) is 12.1 Å². The van der Waals surface area contributed by atoms with Crippen LogP contribution in [0, 0.1) is 17.0 Å². The summed E-state index contributed by atoms with van der Waals surface area (Å²) >= 11 is 3.20. The molecule has 132 valence electrons. The summed E-state index contributed by atoms with van der Waals surface area (Å²) in [6.45, 7) is 1.77. The van der Waals surface area contributed by atoms with Crippen LogP contribution in [-0.2, 0) is 0 Å². The number of nitrogens with one attached hydrogen (secondary N) is 2. The van der Waals surface area contributed by atoms with Crippen LogP contribution in [0.5, 0.6) is 5.75 Å². The number of para-hydroxylation sites is 1. The summed E-state index contributed by atoms with van der Waals surface area (Å²) in [7, 11) is 0. The molecule has 3 N–H and O–H groups in total. The molecule has 0 aliphatic rings. The highest BCUT2D eigenvalue weighted by Gasteiger charge is 2.16. The van der Waals surface area contributed by atoms with E-state index in [1.807, 2.05) is 0 Å². The Hall–Kier alpha value is -3.20. The first kappa shape index (κ1) is 17.6. The molecule has 0 unspecified atom stereocenters. The van der Waals surface area contributed by atoms with E-state index in [0.717, 1.165) is 0 Å². The quantitative estimate of drug-likeness (QED) is 0.438. The van der Waals surface area contributed by atoms with Gasteiger partial charge in [0.1, 0.15) is 11.4 Å². The monoisotopic (exact) mass is 416 g/mol. The van der Waals surface area contributed by atoms with Crippen molar-refractivity contribution in [3.05, 3.63) is 68.3 Å². The van der Waals surface area contributed by atoms with Crippen LogP contribution in [0.4, 0.5) is 11.4 Å². The lowest BCUT2D eigenvalue weighted by molar-refractivity contribution is -0.384. The molecule has 0 radical (unpaired) electrons. The van der Waals surface area contributed by atoms with Crippen molar-refractivity contribution >= 4 is 33.2 Å². The van der Waals surface area contributed by atoms with Crippen molar-refractivity contribution in [1.82, 2.24) is 10.2 Å². The first-order valence-electron chi connectivity index (χ1n) is 7.46. The van der Waals surface area contributed by atoms with Gasteiger partial charge in [-0.05, 0) is 46.6 Å². The van der Waals surface area contributed by atoms with Crippen molar-refractivity contribution in [2.24, 2.45) is 0 Å². The Labute approximate surface area is 156 Å². The van der Waals surface area contributed by atoms with Crippen LogP contribution in [0.25, 0.3) is 11.3 Å². The topological polar surface area (TPSA) is 121 Å². The van der Waals surface area contributed by atoms with Crippen LogP contribution in [0.3, 0.4) is 0 Å². The summed E-state index contributed by atoms with van der Waals surface area (Å²) < 4.78 is 0.385. The number of aromatic amines is 1. The molecule has 0 saturated heterocycles. The molecule has 1 heterocycles. The molecule has 9 heteroatoms. The maximum atomic E-state index is 12.4. The first-order chi connectivity index (χ1) is 12.4. The highest BCUT2D eigenvalue weighted by Crippen LogP contribution is 2.31. The number of hydrogen-bond acceptors (Lipinski definition) is 5. The van der Waals surface area contributed by atoms with E-state index in [1.54, 1.807) is 25.1 Å². The number of aromatic nitrogens is 2. The average molecular weight is 417 g/mol. The fourth-order valence-corrected chi connectivity index (χ4v) is 2.82. The molecular weight excluding hydrogens is 404 g/mol. The molecule has 1 amide bonds. The van der Waals surface area contributed by atoms with Gasteiger partial charge in [-0.2, -0.15) is 5.10 Å². The molecule has 0 bridgehead atoms. The summed E-state index contributed by atoms with van der Waals surface area (Å²) in [5.41, 5.74) is 2.12. The second-order valence-electron chi connectivity index (χ2n) is 5.51. The van der Waals surface area contributed by atoms with Crippen molar-refractivity contribution in [3.63, 3.8) is 0 Å². The Morgan fingerprint density at radius 1 is 1.31 bits per heavy atom. The maximum absolute atomic E-state index is 12.4. The molecule has 3 aromatic rings. The first-order valence-corrected chi connectivity index (χ1v) is 8.26. The molecule has 1 aromatic heterocycles. The van der Waals surface area contributed by atoms with Crippen LogP contribution >= 0.6 is 15.9 Å². The Kier molecular flexibility index (Phi) is 4.72. The number of phenolic OH excluding ortho intramolecular Hbond substituents is 1. The smallest absolute Gasteiger partial charge is 0.273 e. The minimum Gasteiger partial charge on any atom is -0.507 e. The lowest BCUT2D eigenvalue weighted by atomic mass is 10.1. The van der Waals surface area contributed by atoms with Crippen LogP contribution in [0.2, 0.25) is 0 Å². The van der Waals surface area contributed by atoms with E-state index in [1.165, 1.54) is 24.3 Å². The molecular formula is C17H13BrN4O4. The van der Waals surface area contributed by atoms with Crippen LogP contribution in [0.1, 0.15) is 16.1 Å². The number of nitrogens with zero attached hydrogens (tertiary/aromatic N) is 2. The van der Waals surface area contributed by atoms with Gasteiger partial charge in [-0.25, -0.2) is 0 Å². The largest absolute Gasteiger partial charge is 0.507 e. The zero-order chi connectivity index (χ0) is 18.8. The number of amides is 1. The summed E-state index contributed by atoms with van der Waals surface area (Å²) in [6, 6.07) is 10.8. The lowest BCUT2D eigenvalue weighted by Gasteiger charge is -2.05. The highest BCUT2D eigenvalue weighted by atomic mass is 79.9. The van der Waals surface area contributed by atoms with Crippen molar-refractivity contribution in [2.45, 2.75) is 6.92 Å². The lowest BCUT2D eigenvalue weighted by Crippen LogP contribution is -2.12. The third-order valence-corrected chi connectivity index (χ3v) is 4.40. The van der Waals surface area contributed by atoms with E-state index in [0.29, 0.717) is 27.0 Å².